The van der Waals surface area contributed by atoms with E-state index in [0.29, 0.717) is 5.92 Å². The van der Waals surface area contributed by atoms with Crippen molar-refractivity contribution in [2.75, 3.05) is 13.1 Å². The van der Waals surface area contributed by atoms with Crippen molar-refractivity contribution in [1.29, 1.82) is 0 Å². The predicted octanol–water partition coefficient (Wildman–Crippen LogP) is 1.68. The summed E-state index contributed by atoms with van der Waals surface area (Å²) in [6.45, 7) is 3.59. The number of benzene rings is 1. The fourth-order valence-corrected chi connectivity index (χ4v) is 2.72. The number of carbonyl (C=O) groups excluding carboxylic acids is 1. The third-order valence-electron chi connectivity index (χ3n) is 4.18. The maximum atomic E-state index is 12.5. The number of nitrogens with two attached hydrogens (primary N) is 1. The van der Waals surface area contributed by atoms with Crippen molar-refractivity contribution < 1.29 is 4.79 Å². The highest BCUT2D eigenvalue weighted by molar-refractivity contribution is 5.94. The second-order valence-corrected chi connectivity index (χ2v) is 5.70. The van der Waals surface area contributed by atoms with Crippen molar-refractivity contribution in [2.45, 2.75) is 19.4 Å². The van der Waals surface area contributed by atoms with Crippen molar-refractivity contribution in [3.8, 4) is 5.69 Å². The van der Waals surface area contributed by atoms with E-state index in [9.17, 15) is 4.79 Å². The highest BCUT2D eigenvalue weighted by Gasteiger charge is 2.26. The minimum atomic E-state index is 0.0888. The summed E-state index contributed by atoms with van der Waals surface area (Å²) in [4.78, 5) is 18.4. The van der Waals surface area contributed by atoms with Crippen LogP contribution in [-0.2, 0) is 0 Å². The molecule has 1 saturated heterocycles. The average molecular weight is 284 g/mol. The first kappa shape index (κ1) is 13.8. The summed E-state index contributed by atoms with van der Waals surface area (Å²) in [7, 11) is 0. The number of rotatable bonds is 2. The third-order valence-corrected chi connectivity index (χ3v) is 4.18. The molecule has 0 radical (unpaired) electrons. The Balaban J connectivity index is 1.73. The van der Waals surface area contributed by atoms with Crippen LogP contribution in [0.1, 0.15) is 23.7 Å². The molecule has 1 amide bonds. The van der Waals surface area contributed by atoms with Crippen LogP contribution in [0.15, 0.2) is 43.0 Å². The van der Waals surface area contributed by atoms with E-state index in [4.69, 9.17) is 5.73 Å². The SMILES string of the molecule is CC1CN(C(=O)c2ccc(-n3ccnc3)cc2)CCC1N. The number of piperidine rings is 1. The van der Waals surface area contributed by atoms with Gasteiger partial charge in [0.15, 0.2) is 0 Å². The normalized spacial score (nSPS) is 22.3. The van der Waals surface area contributed by atoms with E-state index in [1.807, 2.05) is 39.9 Å². The first-order valence-electron chi connectivity index (χ1n) is 7.28. The van der Waals surface area contributed by atoms with Crippen molar-refractivity contribution in [2.24, 2.45) is 11.7 Å². The Morgan fingerprint density at radius 1 is 1.33 bits per heavy atom. The van der Waals surface area contributed by atoms with Crippen LogP contribution in [-0.4, -0.2) is 39.5 Å². The fraction of sp³-hybridized carbons (Fsp3) is 0.375. The summed E-state index contributed by atoms with van der Waals surface area (Å²) in [5, 5.41) is 0. The van der Waals surface area contributed by atoms with Gasteiger partial charge in [0, 0.05) is 42.8 Å². The molecule has 0 bridgehead atoms. The molecule has 2 atom stereocenters. The van der Waals surface area contributed by atoms with E-state index in [0.717, 1.165) is 30.8 Å². The number of imidazole rings is 1. The number of aromatic nitrogens is 2. The van der Waals surface area contributed by atoms with Gasteiger partial charge in [-0.25, -0.2) is 4.98 Å². The second-order valence-electron chi connectivity index (χ2n) is 5.70. The number of carbonyl (C=O) groups is 1. The zero-order valence-corrected chi connectivity index (χ0v) is 12.1. The van der Waals surface area contributed by atoms with Gasteiger partial charge in [-0.1, -0.05) is 6.92 Å². The van der Waals surface area contributed by atoms with Gasteiger partial charge in [0.25, 0.3) is 5.91 Å². The molecule has 2 heterocycles. The van der Waals surface area contributed by atoms with Crippen LogP contribution in [0, 0.1) is 5.92 Å². The number of hydrogen-bond donors (Lipinski definition) is 1. The molecule has 110 valence electrons. The van der Waals surface area contributed by atoms with Crippen molar-refractivity contribution in [1.82, 2.24) is 14.5 Å². The molecule has 21 heavy (non-hydrogen) atoms. The van der Waals surface area contributed by atoms with Crippen molar-refractivity contribution >= 4 is 5.91 Å². The van der Waals surface area contributed by atoms with Gasteiger partial charge in [0.2, 0.25) is 0 Å². The van der Waals surface area contributed by atoms with Crippen LogP contribution in [0.2, 0.25) is 0 Å². The Hall–Kier alpha value is -2.14. The molecular weight excluding hydrogens is 264 g/mol. The second kappa shape index (κ2) is 5.69. The third kappa shape index (κ3) is 2.83. The van der Waals surface area contributed by atoms with Gasteiger partial charge in [-0.2, -0.15) is 0 Å². The number of likely N-dealkylation sites (tertiary alicyclic amines) is 1. The molecule has 1 aliphatic rings. The molecule has 1 aromatic heterocycles. The average Bonchev–Trinajstić information content (AvgIpc) is 3.04. The molecule has 0 aliphatic carbocycles. The Morgan fingerprint density at radius 3 is 2.71 bits per heavy atom. The van der Waals surface area contributed by atoms with Crippen LogP contribution in [0.4, 0.5) is 0 Å². The smallest absolute Gasteiger partial charge is 0.253 e. The molecule has 3 rings (SSSR count). The highest BCUT2D eigenvalue weighted by atomic mass is 16.2. The van der Waals surface area contributed by atoms with Crippen molar-refractivity contribution in [3.05, 3.63) is 48.5 Å². The molecule has 0 spiro atoms. The number of amides is 1. The van der Waals surface area contributed by atoms with E-state index in [2.05, 4.69) is 11.9 Å². The van der Waals surface area contributed by atoms with E-state index >= 15 is 0 Å². The molecular formula is C16H20N4O. The van der Waals surface area contributed by atoms with E-state index in [1.54, 1.807) is 12.5 Å². The molecule has 2 N–H and O–H groups in total. The van der Waals surface area contributed by atoms with E-state index in [-0.39, 0.29) is 11.9 Å². The maximum Gasteiger partial charge on any atom is 0.253 e. The van der Waals surface area contributed by atoms with Crippen molar-refractivity contribution in [3.63, 3.8) is 0 Å². The fourth-order valence-electron chi connectivity index (χ4n) is 2.72. The summed E-state index contributed by atoms with van der Waals surface area (Å²) >= 11 is 0. The Morgan fingerprint density at radius 2 is 2.10 bits per heavy atom. The molecule has 0 saturated carbocycles. The van der Waals surface area contributed by atoms with Crippen LogP contribution in [0.3, 0.4) is 0 Å². The summed E-state index contributed by atoms with van der Waals surface area (Å²) in [6.07, 6.45) is 6.23. The number of hydrogen-bond acceptors (Lipinski definition) is 3. The first-order chi connectivity index (χ1) is 10.1. The van der Waals surface area contributed by atoms with Crippen LogP contribution in [0.5, 0.6) is 0 Å². The zero-order valence-electron chi connectivity index (χ0n) is 12.1. The Bertz CT molecular complexity index is 606. The standard InChI is InChI=1S/C16H20N4O/c1-12-10-19(8-6-15(12)17)16(21)13-2-4-14(5-3-13)20-9-7-18-11-20/h2-5,7,9,11-12,15H,6,8,10,17H2,1H3. The monoisotopic (exact) mass is 284 g/mol. The summed E-state index contributed by atoms with van der Waals surface area (Å²) < 4.78 is 1.91. The summed E-state index contributed by atoms with van der Waals surface area (Å²) in [5.74, 6) is 0.443. The lowest BCUT2D eigenvalue weighted by Gasteiger charge is -2.35. The van der Waals surface area contributed by atoms with Crippen LogP contribution >= 0.6 is 0 Å². The van der Waals surface area contributed by atoms with Crippen LogP contribution in [0.25, 0.3) is 5.69 Å². The van der Waals surface area contributed by atoms with Gasteiger partial charge >= 0.3 is 0 Å². The van der Waals surface area contributed by atoms with Gasteiger partial charge in [-0.15, -0.1) is 0 Å². The lowest BCUT2D eigenvalue weighted by atomic mass is 9.94. The quantitative estimate of drug-likeness (QED) is 0.912. The molecule has 5 nitrogen and oxygen atoms in total. The molecule has 5 heteroatoms. The minimum absolute atomic E-state index is 0.0888. The van der Waals surface area contributed by atoms with Gasteiger partial charge in [0.1, 0.15) is 0 Å². The first-order valence-corrected chi connectivity index (χ1v) is 7.28. The maximum absolute atomic E-state index is 12.5. The van der Waals surface area contributed by atoms with Gasteiger partial charge in [-0.05, 0) is 36.6 Å². The topological polar surface area (TPSA) is 64.2 Å². The molecule has 1 aromatic carbocycles. The zero-order chi connectivity index (χ0) is 14.8. The summed E-state index contributed by atoms with van der Waals surface area (Å²) in [5.41, 5.74) is 7.73. The van der Waals surface area contributed by atoms with Gasteiger partial charge in [-0.3, -0.25) is 4.79 Å². The Kier molecular flexibility index (Phi) is 3.75. The molecule has 1 aliphatic heterocycles. The minimum Gasteiger partial charge on any atom is -0.338 e. The van der Waals surface area contributed by atoms with Gasteiger partial charge < -0.3 is 15.2 Å². The van der Waals surface area contributed by atoms with Gasteiger partial charge in [0.05, 0.1) is 6.33 Å². The molecule has 1 fully saturated rings. The van der Waals surface area contributed by atoms with E-state index in [1.165, 1.54) is 0 Å². The molecule has 2 aromatic rings. The summed E-state index contributed by atoms with van der Waals surface area (Å²) in [6, 6.07) is 7.83. The highest BCUT2D eigenvalue weighted by Crippen LogP contribution is 2.18. The lowest BCUT2D eigenvalue weighted by Crippen LogP contribution is -2.48. The van der Waals surface area contributed by atoms with E-state index < -0.39 is 0 Å². The van der Waals surface area contributed by atoms with Crippen LogP contribution < -0.4 is 5.73 Å². The largest absolute Gasteiger partial charge is 0.338 e. The molecule has 2 unspecified atom stereocenters. The lowest BCUT2D eigenvalue weighted by molar-refractivity contribution is 0.0664. The predicted molar refractivity (Wildman–Crippen MR) is 81.2 cm³/mol. The Labute approximate surface area is 124 Å². The number of nitrogens with zero attached hydrogens (tertiary/aromatic N) is 3.